The van der Waals surface area contributed by atoms with Crippen molar-refractivity contribution in [3.63, 3.8) is 0 Å². The molecule has 1 aliphatic rings. The van der Waals surface area contributed by atoms with E-state index < -0.39 is 11.1 Å². The molecule has 1 rings (SSSR count). The molecule has 0 saturated heterocycles. The Balaban J connectivity index is 2.80. The number of hydrogen-bond donors (Lipinski definition) is 2. The number of nitrogens with one attached hydrogen (secondary N) is 1. The van der Waals surface area contributed by atoms with Crippen LogP contribution in [-0.2, 0) is 5.21 Å². The third kappa shape index (κ3) is 4.97. The minimum atomic E-state index is -0.510. The second kappa shape index (κ2) is 8.54. The first-order chi connectivity index (χ1) is 10.7. The fourth-order valence-electron chi connectivity index (χ4n) is 3.63. The summed E-state index contributed by atoms with van der Waals surface area (Å²) in [6, 6.07) is 0. The summed E-state index contributed by atoms with van der Waals surface area (Å²) in [5, 5.41) is 21.6. The van der Waals surface area contributed by atoms with Crippen molar-refractivity contribution < 1.29 is 5.21 Å². The first-order valence-corrected chi connectivity index (χ1v) is 9.81. The van der Waals surface area contributed by atoms with Gasteiger partial charge in [-0.25, -0.2) is 0 Å². The average molecular weight is 341 g/mol. The van der Waals surface area contributed by atoms with Gasteiger partial charge in [0.15, 0.2) is 5.17 Å². The van der Waals surface area contributed by atoms with E-state index in [0.29, 0.717) is 5.75 Å². The highest BCUT2D eigenvalue weighted by Gasteiger charge is 2.50. The molecule has 0 aromatic rings. The monoisotopic (exact) mass is 340 g/mol. The molecule has 0 aromatic heterocycles. The van der Waals surface area contributed by atoms with Crippen LogP contribution in [0.5, 0.6) is 0 Å². The van der Waals surface area contributed by atoms with Gasteiger partial charge < -0.3 is 5.73 Å². The smallest absolute Gasteiger partial charge is 0.151 e. The maximum Gasteiger partial charge on any atom is 0.151 e. The molecule has 0 aliphatic carbocycles. The number of hydrogen-bond acceptors (Lipinski definition) is 3. The van der Waals surface area contributed by atoms with E-state index in [0.717, 1.165) is 12.8 Å². The molecule has 1 heterocycles. The van der Waals surface area contributed by atoms with Gasteiger partial charge in [-0.15, -0.1) is 10.3 Å². The Bertz CT molecular complexity index is 444. The summed E-state index contributed by atoms with van der Waals surface area (Å²) in [5.74, 6) is 0.648. The Morgan fingerprint density at radius 2 is 1.57 bits per heavy atom. The van der Waals surface area contributed by atoms with Crippen molar-refractivity contribution in [1.82, 2.24) is 5.06 Å². The van der Waals surface area contributed by atoms with Gasteiger partial charge in [0.05, 0.1) is 11.1 Å². The van der Waals surface area contributed by atoms with Crippen molar-refractivity contribution in [1.29, 1.82) is 5.41 Å². The molecule has 0 spiro atoms. The predicted molar refractivity (Wildman–Crippen MR) is 100 cm³/mol. The predicted octanol–water partition coefficient (Wildman–Crippen LogP) is 4.88. The van der Waals surface area contributed by atoms with Crippen molar-refractivity contribution in [2.45, 2.75) is 90.6 Å². The van der Waals surface area contributed by atoms with Crippen LogP contribution in [0.4, 0.5) is 0 Å². The lowest BCUT2D eigenvalue weighted by Crippen LogP contribution is -2.47. The minimum absolute atomic E-state index is 0.120. The molecule has 0 atom stereocenters. The maximum atomic E-state index is 12.8. The lowest BCUT2D eigenvalue weighted by molar-refractivity contribution is -0.240. The highest BCUT2D eigenvalue weighted by atomic mass is 32.2. The van der Waals surface area contributed by atoms with Crippen LogP contribution >= 0.6 is 11.8 Å². The Morgan fingerprint density at radius 1 is 1.04 bits per heavy atom. The van der Waals surface area contributed by atoms with E-state index in [4.69, 9.17) is 11.1 Å². The van der Waals surface area contributed by atoms with Crippen LogP contribution in [0.3, 0.4) is 0 Å². The van der Waals surface area contributed by atoms with E-state index in [1.807, 2.05) is 27.7 Å². The highest BCUT2D eigenvalue weighted by molar-refractivity contribution is 8.13. The number of thioether (sulfide) groups is 1. The highest BCUT2D eigenvalue weighted by Crippen LogP contribution is 2.47. The van der Waals surface area contributed by atoms with Gasteiger partial charge in [0.25, 0.3) is 0 Å². The van der Waals surface area contributed by atoms with E-state index in [9.17, 15) is 5.21 Å². The van der Waals surface area contributed by atoms with E-state index in [1.54, 1.807) is 0 Å². The van der Waals surface area contributed by atoms with Gasteiger partial charge in [-0.1, -0.05) is 50.8 Å². The van der Waals surface area contributed by atoms with Crippen LogP contribution in [0, 0.1) is 5.41 Å². The zero-order valence-electron chi connectivity index (χ0n) is 15.5. The summed E-state index contributed by atoms with van der Waals surface area (Å²) < 4.78 is 0. The van der Waals surface area contributed by atoms with Crippen LogP contribution in [0.2, 0.25) is 0 Å². The number of nitrogens with two attached hydrogens (primary N) is 1. The Labute approximate surface area is 146 Å². The van der Waals surface area contributed by atoms with Crippen molar-refractivity contribution in [3.8, 4) is 0 Å². The van der Waals surface area contributed by atoms with Gasteiger partial charge >= 0.3 is 0 Å². The summed E-state index contributed by atoms with van der Waals surface area (Å²) >= 11 is 1.33. The Hall–Kier alpha value is -0.520. The second-order valence-corrected chi connectivity index (χ2v) is 8.56. The van der Waals surface area contributed by atoms with Crippen molar-refractivity contribution in [3.05, 3.63) is 11.1 Å². The molecule has 1 radical (unpaired) electrons. The molecule has 0 saturated carbocycles. The van der Waals surface area contributed by atoms with E-state index in [-0.39, 0.29) is 5.17 Å². The molecular weight excluding hydrogens is 306 g/mol. The third-order valence-corrected chi connectivity index (χ3v) is 5.75. The minimum Gasteiger partial charge on any atom is -0.379 e. The van der Waals surface area contributed by atoms with Crippen molar-refractivity contribution in [2.24, 2.45) is 5.73 Å². The third-order valence-electron chi connectivity index (χ3n) is 5.01. The summed E-state index contributed by atoms with van der Waals surface area (Å²) in [6.07, 6.45) is 8.52. The van der Waals surface area contributed by atoms with Gasteiger partial charge in [-0.05, 0) is 51.7 Å². The van der Waals surface area contributed by atoms with Gasteiger partial charge in [-0.3, -0.25) is 5.41 Å². The normalized spacial score (nSPS) is 20.3. The number of unbranched alkanes of at least 4 members (excludes halogenated alkanes) is 5. The maximum absolute atomic E-state index is 12.8. The molecule has 0 unspecified atom stereocenters. The topological polar surface area (TPSA) is 73.0 Å². The summed E-state index contributed by atoms with van der Waals surface area (Å²) in [6.45, 7) is 10.3. The van der Waals surface area contributed by atoms with Crippen LogP contribution in [0.1, 0.15) is 79.6 Å². The average Bonchev–Trinajstić information content (AvgIpc) is 2.58. The molecule has 1 aliphatic heterocycles. The van der Waals surface area contributed by atoms with Gasteiger partial charge in [0.1, 0.15) is 0 Å². The van der Waals surface area contributed by atoms with Gasteiger partial charge in [-0.2, -0.15) is 0 Å². The number of rotatable bonds is 9. The molecule has 0 aromatic carbocycles. The fraction of sp³-hybridized carbons (Fsp3) is 0.833. The lowest BCUT2D eigenvalue weighted by atomic mass is 9.87. The molecular formula is C18H34N3OS. The largest absolute Gasteiger partial charge is 0.379 e. The van der Waals surface area contributed by atoms with Crippen LogP contribution in [-0.4, -0.2) is 27.1 Å². The fourth-order valence-corrected chi connectivity index (χ4v) is 4.46. The number of amidine groups is 1. The van der Waals surface area contributed by atoms with Gasteiger partial charge in [0, 0.05) is 5.75 Å². The van der Waals surface area contributed by atoms with Crippen LogP contribution < -0.4 is 5.73 Å². The number of nitrogens with zero attached hydrogens (tertiary/aromatic N) is 1. The molecule has 5 heteroatoms. The van der Waals surface area contributed by atoms with E-state index in [2.05, 4.69) is 6.92 Å². The van der Waals surface area contributed by atoms with E-state index in [1.165, 1.54) is 60.1 Å². The molecule has 0 bridgehead atoms. The van der Waals surface area contributed by atoms with E-state index >= 15 is 0 Å². The van der Waals surface area contributed by atoms with Crippen LogP contribution in [0.25, 0.3) is 0 Å². The van der Waals surface area contributed by atoms with Gasteiger partial charge in [0.2, 0.25) is 0 Å². The lowest BCUT2D eigenvalue weighted by Gasteiger charge is -2.34. The molecule has 0 amide bonds. The van der Waals surface area contributed by atoms with Crippen LogP contribution in [0.15, 0.2) is 11.1 Å². The molecule has 3 N–H and O–H groups in total. The Morgan fingerprint density at radius 3 is 2.13 bits per heavy atom. The number of hydroxylamine groups is 2. The summed E-state index contributed by atoms with van der Waals surface area (Å²) in [7, 11) is 0. The SMILES string of the molecule is CCCCCCCCC1=C(CSC(=N)N)C(C)(C)N([O])C1(C)C. The summed E-state index contributed by atoms with van der Waals surface area (Å²) in [4.78, 5) is 0. The summed E-state index contributed by atoms with van der Waals surface area (Å²) in [5.41, 5.74) is 6.98. The van der Waals surface area contributed by atoms with Crippen molar-refractivity contribution >= 4 is 16.9 Å². The molecule has 4 nitrogen and oxygen atoms in total. The molecule has 0 fully saturated rings. The standard InChI is InChI=1S/C18H34N3OS/c1-6-7-8-9-10-11-12-14-15(13-23-16(19)20)18(4,5)21(22)17(14,2)3/h6-13H2,1-5H3,(H3,19,20). The molecule has 133 valence electrons. The zero-order chi connectivity index (χ0) is 17.7. The Kier molecular flexibility index (Phi) is 7.62. The first-order valence-electron chi connectivity index (χ1n) is 8.83. The van der Waals surface area contributed by atoms with Crippen molar-refractivity contribution in [2.75, 3.05) is 5.75 Å². The second-order valence-electron chi connectivity index (χ2n) is 7.54. The first kappa shape index (κ1) is 20.5. The molecule has 23 heavy (non-hydrogen) atoms. The quantitative estimate of drug-likeness (QED) is 0.272. The zero-order valence-corrected chi connectivity index (χ0v) is 16.3.